The maximum Gasteiger partial charge on any atom is 0.257 e. The van der Waals surface area contributed by atoms with Gasteiger partial charge in [-0.05, 0) is 54.6 Å². The lowest BCUT2D eigenvalue weighted by Crippen LogP contribution is -2.49. The van der Waals surface area contributed by atoms with Crippen LogP contribution in [0.3, 0.4) is 0 Å². The van der Waals surface area contributed by atoms with E-state index in [1.165, 1.54) is 6.20 Å². The number of aromatic nitrogens is 1. The Morgan fingerprint density at radius 2 is 1.49 bits per heavy atom. The van der Waals surface area contributed by atoms with Crippen LogP contribution in [0.2, 0.25) is 0 Å². The van der Waals surface area contributed by atoms with Crippen molar-refractivity contribution in [1.29, 1.82) is 5.26 Å². The number of anilines is 2. The van der Waals surface area contributed by atoms with Gasteiger partial charge in [0.2, 0.25) is 0 Å². The molecule has 1 aromatic heterocycles. The Hall–Kier alpha value is -4.75. The topological polar surface area (TPSA) is 122 Å². The van der Waals surface area contributed by atoms with E-state index in [9.17, 15) is 14.4 Å². The van der Waals surface area contributed by atoms with Crippen LogP contribution in [-0.2, 0) is 0 Å². The number of pyridine rings is 1. The van der Waals surface area contributed by atoms with Gasteiger partial charge in [-0.15, -0.1) is 0 Å². The van der Waals surface area contributed by atoms with E-state index in [2.05, 4.69) is 26.6 Å². The third kappa shape index (κ3) is 5.89. The number of carbonyl (C=O) groups excluding carboxylic acids is 3. The number of hydrogen-bond acceptors (Lipinski definition) is 7. The van der Waals surface area contributed by atoms with Crippen LogP contribution in [0.25, 0.3) is 0 Å². The van der Waals surface area contributed by atoms with Gasteiger partial charge in [0, 0.05) is 75.9 Å². The van der Waals surface area contributed by atoms with Crippen molar-refractivity contribution in [3.8, 4) is 6.07 Å². The minimum Gasteiger partial charge on any atom is -0.366 e. The van der Waals surface area contributed by atoms with Gasteiger partial charge >= 0.3 is 0 Å². The Labute approximate surface area is 226 Å². The van der Waals surface area contributed by atoms with Crippen LogP contribution >= 0.6 is 0 Å². The minimum atomic E-state index is -0.314. The van der Waals surface area contributed by atoms with Crippen molar-refractivity contribution >= 4 is 29.1 Å². The van der Waals surface area contributed by atoms with E-state index in [4.69, 9.17) is 5.26 Å². The number of nitrogens with zero attached hydrogens (tertiary/aromatic N) is 5. The maximum atomic E-state index is 13.2. The van der Waals surface area contributed by atoms with E-state index in [-0.39, 0.29) is 17.7 Å². The van der Waals surface area contributed by atoms with E-state index >= 15 is 0 Å². The van der Waals surface area contributed by atoms with E-state index in [1.54, 1.807) is 59.6 Å². The molecule has 2 N–H and O–H groups in total. The quantitative estimate of drug-likeness (QED) is 0.526. The van der Waals surface area contributed by atoms with Crippen LogP contribution < -0.4 is 15.5 Å². The third-order valence-corrected chi connectivity index (χ3v) is 6.99. The molecule has 2 aromatic carbocycles. The first-order chi connectivity index (χ1) is 19.0. The Balaban J connectivity index is 1.35. The summed E-state index contributed by atoms with van der Waals surface area (Å²) >= 11 is 0. The first-order valence-corrected chi connectivity index (χ1v) is 12.9. The van der Waals surface area contributed by atoms with Gasteiger partial charge in [-0.25, -0.2) is 0 Å². The highest BCUT2D eigenvalue weighted by Crippen LogP contribution is 2.30. The molecule has 2 aliphatic rings. The number of amides is 3. The van der Waals surface area contributed by atoms with Crippen LogP contribution in [0.4, 0.5) is 11.4 Å². The van der Waals surface area contributed by atoms with Crippen LogP contribution in [0.15, 0.2) is 67.0 Å². The first kappa shape index (κ1) is 25.9. The molecule has 198 valence electrons. The molecule has 3 heterocycles. The van der Waals surface area contributed by atoms with Gasteiger partial charge in [-0.2, -0.15) is 5.26 Å². The first-order valence-electron chi connectivity index (χ1n) is 12.9. The Kier molecular flexibility index (Phi) is 7.80. The highest BCUT2D eigenvalue weighted by molar-refractivity contribution is 6.07. The molecule has 0 spiro atoms. The van der Waals surface area contributed by atoms with Crippen LogP contribution in [-0.4, -0.2) is 84.9 Å². The molecule has 10 nitrogen and oxygen atoms in total. The molecule has 0 radical (unpaired) electrons. The average Bonchev–Trinajstić information content (AvgIpc) is 3.01. The van der Waals surface area contributed by atoms with Gasteiger partial charge in [0.25, 0.3) is 17.7 Å². The summed E-state index contributed by atoms with van der Waals surface area (Å²) < 4.78 is 0. The number of rotatable bonds is 5. The standard InChI is InChI=1S/C29H29N7O3/c30-19-21-3-5-22(6-4-21)28(38)36-16-14-34(15-17-36)26-8-7-23(29(39)35-12-10-31-11-13-35)18-25(26)33-27(37)24-2-1-9-32-20-24/h1-9,18,20,31H,10-17H2,(H,33,37). The zero-order chi connectivity index (χ0) is 27.2. The van der Waals surface area contributed by atoms with Gasteiger partial charge in [-0.3, -0.25) is 19.4 Å². The molecule has 3 amide bonds. The number of benzene rings is 2. The summed E-state index contributed by atoms with van der Waals surface area (Å²) in [4.78, 5) is 49.0. The molecule has 39 heavy (non-hydrogen) atoms. The fourth-order valence-corrected chi connectivity index (χ4v) is 4.81. The minimum absolute atomic E-state index is 0.0715. The lowest BCUT2D eigenvalue weighted by molar-refractivity contribution is 0.0731. The largest absolute Gasteiger partial charge is 0.366 e. The number of hydrogen-bond donors (Lipinski definition) is 2. The zero-order valence-electron chi connectivity index (χ0n) is 21.5. The van der Waals surface area contributed by atoms with E-state index < -0.39 is 0 Å². The van der Waals surface area contributed by atoms with E-state index in [0.29, 0.717) is 67.2 Å². The summed E-state index contributed by atoms with van der Waals surface area (Å²) in [6.45, 7) is 4.87. The molecule has 0 unspecified atom stereocenters. The van der Waals surface area contributed by atoms with Gasteiger partial charge in [-0.1, -0.05) is 0 Å². The SMILES string of the molecule is N#Cc1ccc(C(=O)N2CCN(c3ccc(C(=O)N4CCNCC4)cc3NC(=O)c3cccnc3)CC2)cc1. The van der Waals surface area contributed by atoms with Gasteiger partial charge < -0.3 is 25.3 Å². The predicted molar refractivity (Wildman–Crippen MR) is 147 cm³/mol. The summed E-state index contributed by atoms with van der Waals surface area (Å²) in [6, 6.07) is 17.5. The molecule has 2 aliphatic heterocycles. The van der Waals surface area contributed by atoms with Crippen molar-refractivity contribution in [2.24, 2.45) is 0 Å². The molecule has 0 bridgehead atoms. The van der Waals surface area contributed by atoms with Crippen LogP contribution in [0.1, 0.15) is 36.6 Å². The molecular weight excluding hydrogens is 494 g/mol. The summed E-state index contributed by atoms with van der Waals surface area (Å²) in [5.41, 5.74) is 3.31. The highest BCUT2D eigenvalue weighted by Gasteiger charge is 2.26. The molecule has 0 saturated carbocycles. The molecule has 0 aliphatic carbocycles. The fourth-order valence-electron chi connectivity index (χ4n) is 4.81. The second kappa shape index (κ2) is 11.8. The molecule has 10 heteroatoms. The number of nitriles is 1. The van der Waals surface area contributed by atoms with Crippen molar-refractivity contribution in [1.82, 2.24) is 20.1 Å². The Morgan fingerprint density at radius 3 is 2.15 bits per heavy atom. The van der Waals surface area contributed by atoms with Gasteiger partial charge in [0.05, 0.1) is 28.6 Å². The zero-order valence-corrected chi connectivity index (χ0v) is 21.5. The normalized spacial score (nSPS) is 15.4. The molecule has 2 saturated heterocycles. The fraction of sp³-hybridized carbons (Fsp3) is 0.276. The van der Waals surface area contributed by atoms with Crippen molar-refractivity contribution in [2.75, 3.05) is 62.6 Å². The molecule has 3 aromatic rings. The molecule has 2 fully saturated rings. The smallest absolute Gasteiger partial charge is 0.257 e. The Bertz CT molecular complexity index is 1390. The Morgan fingerprint density at radius 1 is 0.821 bits per heavy atom. The van der Waals surface area contributed by atoms with E-state index in [0.717, 1.165) is 18.8 Å². The number of nitrogens with one attached hydrogen (secondary N) is 2. The summed E-state index contributed by atoms with van der Waals surface area (Å²) in [5, 5.41) is 15.2. The molecule has 5 rings (SSSR count). The lowest BCUT2D eigenvalue weighted by Gasteiger charge is -2.37. The van der Waals surface area contributed by atoms with Crippen molar-refractivity contribution in [3.63, 3.8) is 0 Å². The van der Waals surface area contributed by atoms with Gasteiger partial charge in [0.1, 0.15) is 0 Å². The summed E-state index contributed by atoms with van der Waals surface area (Å²) in [5.74, 6) is -0.468. The van der Waals surface area contributed by atoms with Crippen molar-refractivity contribution in [3.05, 3.63) is 89.2 Å². The monoisotopic (exact) mass is 523 g/mol. The second-order valence-corrected chi connectivity index (χ2v) is 9.44. The number of carbonyl (C=O) groups is 3. The van der Waals surface area contributed by atoms with Gasteiger partial charge in [0.15, 0.2) is 0 Å². The highest BCUT2D eigenvalue weighted by atomic mass is 16.2. The lowest BCUT2D eigenvalue weighted by atomic mass is 10.1. The second-order valence-electron chi connectivity index (χ2n) is 9.44. The average molecular weight is 524 g/mol. The molecule has 0 atom stereocenters. The molecular formula is C29H29N7O3. The van der Waals surface area contributed by atoms with Crippen molar-refractivity contribution in [2.45, 2.75) is 0 Å². The third-order valence-electron chi connectivity index (χ3n) is 6.99. The van der Waals surface area contributed by atoms with Crippen LogP contribution in [0.5, 0.6) is 0 Å². The maximum absolute atomic E-state index is 13.2. The summed E-state index contributed by atoms with van der Waals surface area (Å²) in [7, 11) is 0. The van der Waals surface area contributed by atoms with Crippen molar-refractivity contribution < 1.29 is 14.4 Å². The van der Waals surface area contributed by atoms with E-state index in [1.807, 2.05) is 11.0 Å². The van der Waals surface area contributed by atoms with Crippen LogP contribution in [0, 0.1) is 11.3 Å². The summed E-state index contributed by atoms with van der Waals surface area (Å²) in [6.07, 6.45) is 3.10. The predicted octanol–water partition coefficient (Wildman–Crippen LogP) is 2.21. The number of piperazine rings is 2.